The molecule has 0 saturated heterocycles. The standard InChI is InChI=1S/C10H11NO2/c1-6-2-9(13)4-7-3-8(5-12)11-10(6)7/h3-6,11,13H,2H2,1H3. The molecular formula is C10H11NO2. The van der Waals surface area contributed by atoms with Gasteiger partial charge in [-0.15, -0.1) is 0 Å². The Labute approximate surface area is 76.1 Å². The van der Waals surface area contributed by atoms with E-state index in [0.29, 0.717) is 17.9 Å². The third-order valence-electron chi connectivity index (χ3n) is 2.36. The fourth-order valence-electron chi connectivity index (χ4n) is 1.75. The van der Waals surface area contributed by atoms with Gasteiger partial charge in [0, 0.05) is 18.0 Å². The monoisotopic (exact) mass is 177 g/mol. The van der Waals surface area contributed by atoms with Crippen LogP contribution in [0.15, 0.2) is 11.8 Å². The molecule has 1 aromatic rings. The molecule has 3 nitrogen and oxygen atoms in total. The number of carbonyl (C=O) groups is 1. The van der Waals surface area contributed by atoms with Gasteiger partial charge in [-0.25, -0.2) is 0 Å². The highest BCUT2D eigenvalue weighted by molar-refractivity contribution is 5.75. The number of aliphatic hydroxyl groups excluding tert-OH is 1. The largest absolute Gasteiger partial charge is 0.512 e. The summed E-state index contributed by atoms with van der Waals surface area (Å²) in [6, 6.07) is 1.76. The number of aromatic nitrogens is 1. The van der Waals surface area contributed by atoms with Crippen LogP contribution < -0.4 is 0 Å². The zero-order valence-corrected chi connectivity index (χ0v) is 7.37. The summed E-state index contributed by atoms with van der Waals surface area (Å²) in [5.41, 5.74) is 2.54. The Bertz CT molecular complexity index is 376. The lowest BCUT2D eigenvalue weighted by Gasteiger charge is -2.15. The molecule has 0 aliphatic heterocycles. The van der Waals surface area contributed by atoms with Crippen LogP contribution in [0.1, 0.15) is 41.0 Å². The van der Waals surface area contributed by atoms with Crippen LogP contribution in [0, 0.1) is 0 Å². The Morgan fingerprint density at radius 3 is 3.15 bits per heavy atom. The first-order chi connectivity index (χ1) is 6.20. The van der Waals surface area contributed by atoms with E-state index in [1.807, 2.05) is 6.92 Å². The zero-order valence-electron chi connectivity index (χ0n) is 7.37. The number of nitrogens with one attached hydrogen (secondary N) is 1. The second-order valence-corrected chi connectivity index (χ2v) is 3.45. The van der Waals surface area contributed by atoms with Crippen LogP contribution >= 0.6 is 0 Å². The van der Waals surface area contributed by atoms with Crippen LogP contribution in [-0.2, 0) is 0 Å². The van der Waals surface area contributed by atoms with Gasteiger partial charge in [-0.2, -0.15) is 0 Å². The maximum atomic E-state index is 10.5. The summed E-state index contributed by atoms with van der Waals surface area (Å²) in [7, 11) is 0. The number of aliphatic hydroxyl groups is 1. The highest BCUT2D eigenvalue weighted by atomic mass is 16.3. The molecule has 3 heteroatoms. The molecule has 0 amide bonds. The SMILES string of the molecule is CC1CC(O)=Cc2cc(C=O)[nH]c21. The molecule has 0 aromatic carbocycles. The van der Waals surface area contributed by atoms with Gasteiger partial charge in [0.15, 0.2) is 6.29 Å². The molecule has 0 fully saturated rings. The topological polar surface area (TPSA) is 53.1 Å². The average Bonchev–Trinajstić information content (AvgIpc) is 2.47. The van der Waals surface area contributed by atoms with E-state index in [0.717, 1.165) is 17.5 Å². The molecule has 13 heavy (non-hydrogen) atoms. The van der Waals surface area contributed by atoms with Crippen molar-refractivity contribution >= 4 is 12.4 Å². The molecule has 2 N–H and O–H groups in total. The smallest absolute Gasteiger partial charge is 0.166 e. The Morgan fingerprint density at radius 2 is 2.46 bits per heavy atom. The molecule has 1 aromatic heterocycles. The predicted molar refractivity (Wildman–Crippen MR) is 49.8 cm³/mol. The Balaban J connectivity index is 2.52. The fraction of sp³-hybridized carbons (Fsp3) is 0.300. The quantitative estimate of drug-likeness (QED) is 0.646. The lowest BCUT2D eigenvalue weighted by Crippen LogP contribution is -2.02. The second-order valence-electron chi connectivity index (χ2n) is 3.45. The Kier molecular flexibility index (Phi) is 1.72. The maximum absolute atomic E-state index is 10.5. The van der Waals surface area contributed by atoms with E-state index >= 15 is 0 Å². The number of carbonyl (C=O) groups excluding carboxylic acids is 1. The number of rotatable bonds is 1. The molecule has 1 unspecified atom stereocenters. The predicted octanol–water partition coefficient (Wildman–Crippen LogP) is 2.23. The fourth-order valence-corrected chi connectivity index (χ4v) is 1.75. The van der Waals surface area contributed by atoms with Gasteiger partial charge in [0.25, 0.3) is 0 Å². The zero-order chi connectivity index (χ0) is 9.42. The van der Waals surface area contributed by atoms with Crippen molar-refractivity contribution in [2.24, 2.45) is 0 Å². The molecule has 0 saturated carbocycles. The van der Waals surface area contributed by atoms with E-state index in [9.17, 15) is 9.90 Å². The van der Waals surface area contributed by atoms with Crippen molar-refractivity contribution in [3.8, 4) is 0 Å². The highest BCUT2D eigenvalue weighted by Gasteiger charge is 2.19. The van der Waals surface area contributed by atoms with Crippen molar-refractivity contribution in [3.05, 3.63) is 28.8 Å². The van der Waals surface area contributed by atoms with Gasteiger partial charge < -0.3 is 10.1 Å². The van der Waals surface area contributed by atoms with Crippen molar-refractivity contribution in [1.82, 2.24) is 4.98 Å². The second kappa shape index (κ2) is 2.76. The lowest BCUT2D eigenvalue weighted by atomic mass is 9.94. The van der Waals surface area contributed by atoms with Gasteiger partial charge in [0.1, 0.15) is 0 Å². The van der Waals surface area contributed by atoms with E-state index in [2.05, 4.69) is 4.98 Å². The third-order valence-corrected chi connectivity index (χ3v) is 2.36. The van der Waals surface area contributed by atoms with Gasteiger partial charge in [-0.3, -0.25) is 4.79 Å². The van der Waals surface area contributed by atoms with Crippen LogP contribution in [0.25, 0.3) is 6.08 Å². The molecule has 0 radical (unpaired) electrons. The number of hydrogen-bond acceptors (Lipinski definition) is 2. The molecule has 2 rings (SSSR count). The van der Waals surface area contributed by atoms with Crippen molar-refractivity contribution in [2.45, 2.75) is 19.3 Å². The Hall–Kier alpha value is -1.51. The summed E-state index contributed by atoms with van der Waals surface area (Å²) < 4.78 is 0. The van der Waals surface area contributed by atoms with Crippen molar-refractivity contribution < 1.29 is 9.90 Å². The minimum Gasteiger partial charge on any atom is -0.512 e. The normalized spacial score (nSPS) is 20.7. The molecule has 1 heterocycles. The summed E-state index contributed by atoms with van der Waals surface area (Å²) in [4.78, 5) is 13.5. The summed E-state index contributed by atoms with van der Waals surface area (Å²) in [5.74, 6) is 0.644. The number of fused-ring (bicyclic) bond motifs is 1. The average molecular weight is 177 g/mol. The number of aromatic amines is 1. The van der Waals surface area contributed by atoms with E-state index in [-0.39, 0.29) is 5.92 Å². The van der Waals surface area contributed by atoms with Gasteiger partial charge in [-0.05, 0) is 17.7 Å². The summed E-state index contributed by atoms with van der Waals surface area (Å²) in [6.45, 7) is 2.02. The van der Waals surface area contributed by atoms with Gasteiger partial charge in [-0.1, -0.05) is 6.92 Å². The Morgan fingerprint density at radius 1 is 1.69 bits per heavy atom. The number of aldehydes is 1. The van der Waals surface area contributed by atoms with Crippen molar-refractivity contribution in [2.75, 3.05) is 0 Å². The van der Waals surface area contributed by atoms with Crippen LogP contribution in [0.5, 0.6) is 0 Å². The molecule has 1 aliphatic carbocycles. The van der Waals surface area contributed by atoms with Crippen LogP contribution in [-0.4, -0.2) is 16.4 Å². The van der Waals surface area contributed by atoms with E-state index in [1.54, 1.807) is 12.1 Å². The first kappa shape index (κ1) is 8.10. The summed E-state index contributed by atoms with van der Waals surface area (Å²) in [6.07, 6.45) is 3.14. The van der Waals surface area contributed by atoms with Crippen molar-refractivity contribution in [1.29, 1.82) is 0 Å². The third kappa shape index (κ3) is 1.26. The van der Waals surface area contributed by atoms with Crippen LogP contribution in [0.4, 0.5) is 0 Å². The van der Waals surface area contributed by atoms with Gasteiger partial charge in [0.05, 0.1) is 11.5 Å². The maximum Gasteiger partial charge on any atom is 0.166 e. The minimum absolute atomic E-state index is 0.258. The molecule has 1 atom stereocenters. The number of hydrogen-bond donors (Lipinski definition) is 2. The number of H-pyrrole nitrogens is 1. The molecular weight excluding hydrogens is 166 g/mol. The number of allylic oxidation sites excluding steroid dienone is 1. The summed E-state index contributed by atoms with van der Waals surface area (Å²) >= 11 is 0. The lowest BCUT2D eigenvalue weighted by molar-refractivity contribution is 0.111. The molecule has 68 valence electrons. The van der Waals surface area contributed by atoms with Crippen LogP contribution in [0.3, 0.4) is 0 Å². The molecule has 0 spiro atoms. The van der Waals surface area contributed by atoms with Gasteiger partial charge >= 0.3 is 0 Å². The van der Waals surface area contributed by atoms with E-state index in [1.165, 1.54) is 0 Å². The van der Waals surface area contributed by atoms with E-state index in [4.69, 9.17) is 0 Å². The van der Waals surface area contributed by atoms with Crippen molar-refractivity contribution in [3.63, 3.8) is 0 Å². The van der Waals surface area contributed by atoms with Gasteiger partial charge in [0.2, 0.25) is 0 Å². The first-order valence-corrected chi connectivity index (χ1v) is 4.28. The van der Waals surface area contributed by atoms with Crippen LogP contribution in [0.2, 0.25) is 0 Å². The minimum atomic E-state index is 0.258. The molecule has 1 aliphatic rings. The summed E-state index contributed by atoms with van der Waals surface area (Å²) in [5, 5.41) is 9.37. The molecule has 0 bridgehead atoms. The first-order valence-electron chi connectivity index (χ1n) is 4.28. The van der Waals surface area contributed by atoms with E-state index < -0.39 is 0 Å². The highest BCUT2D eigenvalue weighted by Crippen LogP contribution is 2.31.